The first-order valence-corrected chi connectivity index (χ1v) is 9.26. The number of likely N-dealkylation sites (tertiary alicyclic amines) is 2. The summed E-state index contributed by atoms with van der Waals surface area (Å²) in [6.45, 7) is 3.44. The Hall–Kier alpha value is -2.54. The number of halogens is 1. The van der Waals surface area contributed by atoms with Crippen LogP contribution in [0.5, 0.6) is 5.75 Å². The Bertz CT molecular complexity index is 866. The minimum absolute atomic E-state index is 0.0477. The molecule has 2 saturated heterocycles. The number of nitrogens with zero attached hydrogens (tertiary/aromatic N) is 3. The van der Waals surface area contributed by atoms with Gasteiger partial charge in [-0.2, -0.15) is 5.10 Å². The number of methoxy groups -OCH3 is 1. The Balaban J connectivity index is 1.59. The second-order valence-corrected chi connectivity index (χ2v) is 7.52. The number of fused-ring (bicyclic) bond motifs is 1. The standard InChI is InChI=1S/C19H21ClN4O3/c1-11(25)24-9-13-8-23(19(26)17-16(20)7-21-22-17)10-15(13)18(24)12-3-5-14(27-2)6-4-12/h3-7,13,15,18H,8-10H2,1-2H3,(H,21,22)/t13-,15-,18+/m1/s1. The van der Waals surface area contributed by atoms with Gasteiger partial charge in [-0.15, -0.1) is 0 Å². The van der Waals surface area contributed by atoms with E-state index in [2.05, 4.69) is 10.2 Å². The molecular formula is C19H21ClN4O3. The van der Waals surface area contributed by atoms with Crippen molar-refractivity contribution in [2.24, 2.45) is 11.8 Å². The largest absolute Gasteiger partial charge is 0.497 e. The van der Waals surface area contributed by atoms with E-state index in [1.165, 1.54) is 6.20 Å². The van der Waals surface area contributed by atoms with E-state index in [0.717, 1.165) is 11.3 Å². The minimum atomic E-state index is -0.144. The van der Waals surface area contributed by atoms with Crippen molar-refractivity contribution >= 4 is 23.4 Å². The maximum absolute atomic E-state index is 12.8. The molecule has 1 aromatic carbocycles. The number of amides is 2. The number of nitrogens with one attached hydrogen (secondary N) is 1. The third kappa shape index (κ3) is 3.06. The molecule has 8 heteroatoms. The predicted octanol–water partition coefficient (Wildman–Crippen LogP) is 2.36. The average Bonchev–Trinajstić information content (AvgIpc) is 3.35. The molecule has 1 aromatic heterocycles. The normalized spacial score (nSPS) is 24.2. The summed E-state index contributed by atoms with van der Waals surface area (Å²) in [6, 6.07) is 7.76. The molecule has 0 saturated carbocycles. The molecule has 2 fully saturated rings. The second-order valence-electron chi connectivity index (χ2n) is 7.12. The van der Waals surface area contributed by atoms with Gasteiger partial charge >= 0.3 is 0 Å². The summed E-state index contributed by atoms with van der Waals surface area (Å²) < 4.78 is 5.24. The average molecular weight is 389 g/mol. The van der Waals surface area contributed by atoms with Gasteiger partial charge in [0, 0.05) is 38.4 Å². The van der Waals surface area contributed by atoms with Crippen LogP contribution in [0, 0.1) is 11.8 Å². The smallest absolute Gasteiger partial charge is 0.273 e. The summed E-state index contributed by atoms with van der Waals surface area (Å²) in [5.41, 5.74) is 1.38. The predicted molar refractivity (Wildman–Crippen MR) is 99.6 cm³/mol. The van der Waals surface area contributed by atoms with Crippen molar-refractivity contribution in [1.82, 2.24) is 20.0 Å². The molecule has 2 aliphatic heterocycles. The fourth-order valence-electron chi connectivity index (χ4n) is 4.34. The first-order valence-electron chi connectivity index (χ1n) is 8.89. The molecule has 0 aliphatic carbocycles. The number of H-pyrrole nitrogens is 1. The highest BCUT2D eigenvalue weighted by atomic mass is 35.5. The first-order chi connectivity index (χ1) is 13.0. The molecule has 27 heavy (non-hydrogen) atoms. The third-order valence-corrected chi connectivity index (χ3v) is 5.91. The lowest BCUT2D eigenvalue weighted by atomic mass is 9.89. The van der Waals surface area contributed by atoms with Crippen molar-refractivity contribution in [3.05, 3.63) is 46.7 Å². The molecule has 142 valence electrons. The fourth-order valence-corrected chi connectivity index (χ4v) is 4.51. The molecule has 2 aromatic rings. The maximum atomic E-state index is 12.8. The van der Waals surface area contributed by atoms with E-state index < -0.39 is 0 Å². The van der Waals surface area contributed by atoms with Gasteiger partial charge in [0.1, 0.15) is 11.4 Å². The van der Waals surface area contributed by atoms with Crippen LogP contribution in [0.25, 0.3) is 0 Å². The summed E-state index contributed by atoms with van der Waals surface area (Å²) in [6.07, 6.45) is 1.43. The van der Waals surface area contributed by atoms with Crippen LogP contribution >= 0.6 is 11.6 Å². The molecule has 2 aliphatic rings. The SMILES string of the molecule is COc1ccc([C@H]2[C@@H]3CN(C(=O)c4[nH]ncc4Cl)C[C@@H]3CN2C(C)=O)cc1. The highest BCUT2D eigenvalue weighted by Gasteiger charge is 2.49. The van der Waals surface area contributed by atoms with E-state index in [9.17, 15) is 9.59 Å². The van der Waals surface area contributed by atoms with Gasteiger partial charge in [0.25, 0.3) is 5.91 Å². The molecule has 7 nitrogen and oxygen atoms in total. The number of aromatic nitrogens is 2. The number of rotatable bonds is 3. The van der Waals surface area contributed by atoms with Crippen molar-refractivity contribution in [1.29, 1.82) is 0 Å². The van der Waals surface area contributed by atoms with Gasteiger partial charge in [0.2, 0.25) is 5.91 Å². The van der Waals surface area contributed by atoms with Gasteiger partial charge in [-0.05, 0) is 17.7 Å². The van der Waals surface area contributed by atoms with Crippen LogP contribution in [-0.4, -0.2) is 58.6 Å². The summed E-state index contributed by atoms with van der Waals surface area (Å²) in [7, 11) is 1.63. The van der Waals surface area contributed by atoms with Gasteiger partial charge in [0.15, 0.2) is 0 Å². The Morgan fingerprint density at radius 3 is 2.56 bits per heavy atom. The second kappa shape index (κ2) is 6.88. The van der Waals surface area contributed by atoms with E-state index >= 15 is 0 Å². The van der Waals surface area contributed by atoms with Gasteiger partial charge < -0.3 is 14.5 Å². The van der Waals surface area contributed by atoms with Gasteiger partial charge in [-0.1, -0.05) is 23.7 Å². The number of benzene rings is 1. The summed E-state index contributed by atoms with van der Waals surface area (Å²) >= 11 is 6.05. The highest BCUT2D eigenvalue weighted by molar-refractivity contribution is 6.33. The number of aromatic amines is 1. The molecule has 0 spiro atoms. The summed E-state index contributed by atoms with van der Waals surface area (Å²) in [5.74, 6) is 1.12. The van der Waals surface area contributed by atoms with Gasteiger partial charge in [-0.3, -0.25) is 14.7 Å². The fraction of sp³-hybridized carbons (Fsp3) is 0.421. The van der Waals surface area contributed by atoms with Gasteiger partial charge in [-0.25, -0.2) is 0 Å². The molecule has 1 N–H and O–H groups in total. The molecule has 3 atom stereocenters. The first kappa shape index (κ1) is 17.9. The lowest BCUT2D eigenvalue weighted by Crippen LogP contribution is -2.36. The van der Waals surface area contributed by atoms with E-state index in [4.69, 9.17) is 16.3 Å². The molecule has 0 radical (unpaired) electrons. The van der Waals surface area contributed by atoms with E-state index in [1.54, 1.807) is 14.0 Å². The molecule has 4 rings (SSSR count). The zero-order valence-corrected chi connectivity index (χ0v) is 15.9. The zero-order valence-electron chi connectivity index (χ0n) is 15.2. The van der Waals surface area contributed by atoms with Crippen LogP contribution in [0.4, 0.5) is 0 Å². The lowest BCUT2D eigenvalue weighted by Gasteiger charge is -2.29. The minimum Gasteiger partial charge on any atom is -0.497 e. The summed E-state index contributed by atoms with van der Waals surface area (Å²) in [5, 5.41) is 6.84. The van der Waals surface area contributed by atoms with Gasteiger partial charge in [0.05, 0.1) is 24.4 Å². The number of carbonyl (C=O) groups excluding carboxylic acids is 2. The van der Waals surface area contributed by atoms with Crippen LogP contribution in [-0.2, 0) is 4.79 Å². The van der Waals surface area contributed by atoms with Crippen molar-refractivity contribution < 1.29 is 14.3 Å². The molecule has 3 heterocycles. The van der Waals surface area contributed by atoms with Crippen LogP contribution in [0.2, 0.25) is 5.02 Å². The molecule has 0 bridgehead atoms. The highest BCUT2D eigenvalue weighted by Crippen LogP contribution is 2.45. The van der Waals surface area contributed by atoms with Crippen molar-refractivity contribution in [2.45, 2.75) is 13.0 Å². The van der Waals surface area contributed by atoms with Crippen molar-refractivity contribution in [3.8, 4) is 5.75 Å². The topological polar surface area (TPSA) is 78.5 Å². The number of ether oxygens (including phenoxy) is 1. The van der Waals surface area contributed by atoms with Crippen LogP contribution in [0.15, 0.2) is 30.5 Å². The molecule has 2 amide bonds. The van der Waals surface area contributed by atoms with Crippen molar-refractivity contribution in [3.63, 3.8) is 0 Å². The lowest BCUT2D eigenvalue weighted by molar-refractivity contribution is -0.130. The number of hydrogen-bond donors (Lipinski definition) is 1. The molecular weight excluding hydrogens is 368 g/mol. The van der Waals surface area contributed by atoms with E-state index in [-0.39, 0.29) is 29.7 Å². The van der Waals surface area contributed by atoms with Crippen LogP contribution in [0.1, 0.15) is 29.0 Å². The Kier molecular flexibility index (Phi) is 4.55. The Labute approximate surface area is 162 Å². The Morgan fingerprint density at radius 2 is 1.96 bits per heavy atom. The van der Waals surface area contributed by atoms with Crippen LogP contribution in [0.3, 0.4) is 0 Å². The van der Waals surface area contributed by atoms with Crippen molar-refractivity contribution in [2.75, 3.05) is 26.7 Å². The zero-order chi connectivity index (χ0) is 19.1. The Morgan fingerprint density at radius 1 is 1.22 bits per heavy atom. The van der Waals surface area contributed by atoms with E-state index in [1.807, 2.05) is 34.1 Å². The quantitative estimate of drug-likeness (QED) is 0.875. The molecule has 0 unspecified atom stereocenters. The summed E-state index contributed by atoms with van der Waals surface area (Å²) in [4.78, 5) is 28.7. The third-order valence-electron chi connectivity index (χ3n) is 5.62. The number of hydrogen-bond acceptors (Lipinski definition) is 4. The van der Waals surface area contributed by atoms with E-state index in [0.29, 0.717) is 30.4 Å². The maximum Gasteiger partial charge on any atom is 0.273 e. The van der Waals surface area contributed by atoms with Crippen LogP contribution < -0.4 is 4.74 Å². The monoisotopic (exact) mass is 388 g/mol. The number of carbonyl (C=O) groups is 2.